The fourth-order valence-electron chi connectivity index (χ4n) is 3.23. The Morgan fingerprint density at radius 2 is 2.00 bits per heavy atom. The number of carbonyl (C=O) groups is 1. The molecule has 1 saturated carbocycles. The average Bonchev–Trinajstić information content (AvgIpc) is 2.87. The summed E-state index contributed by atoms with van der Waals surface area (Å²) in [6.07, 6.45) is 7.33. The van der Waals surface area contributed by atoms with Gasteiger partial charge in [-0.25, -0.2) is 0 Å². The maximum atomic E-state index is 12.4. The normalized spacial score (nSPS) is 28.6. The second-order valence-electron chi connectivity index (χ2n) is 5.19. The number of hydrogen-bond acceptors (Lipinski definition) is 2. The Morgan fingerprint density at radius 3 is 2.50 bits per heavy atom. The molecule has 1 aliphatic carbocycles. The molecule has 0 radical (unpaired) electrons. The maximum Gasteiger partial charge on any atom is 0.249 e. The van der Waals surface area contributed by atoms with E-state index in [1.807, 2.05) is 19.9 Å². The van der Waals surface area contributed by atoms with Crippen LogP contribution in [0.15, 0.2) is 11.8 Å². The Morgan fingerprint density at radius 1 is 1.39 bits per heavy atom. The fraction of sp³-hybridized carbons (Fsp3) is 0.714. The Hall–Kier alpha value is -1.32. The molecule has 1 saturated heterocycles. The number of allylic oxidation sites excluding steroid dienone is 1. The highest BCUT2D eigenvalue weighted by atomic mass is 16.2. The molecule has 1 amide bonds. The number of likely N-dealkylation sites (N-methyl/N-ethyl adjacent to an activating group) is 1. The van der Waals surface area contributed by atoms with E-state index in [-0.39, 0.29) is 11.9 Å². The molecule has 0 aromatic rings. The van der Waals surface area contributed by atoms with E-state index in [1.165, 1.54) is 12.8 Å². The summed E-state index contributed by atoms with van der Waals surface area (Å²) in [4.78, 5) is 16.1. The highest BCUT2D eigenvalue weighted by Gasteiger charge is 2.41. The average molecular weight is 249 g/mol. The summed E-state index contributed by atoms with van der Waals surface area (Å²) in [6, 6.07) is 0.240. The van der Waals surface area contributed by atoms with E-state index in [2.05, 4.69) is 4.90 Å². The van der Waals surface area contributed by atoms with Crippen LogP contribution in [-0.4, -0.2) is 40.7 Å². The first kappa shape index (κ1) is 13.1. The molecule has 1 aliphatic heterocycles. The molecule has 0 aromatic heterocycles. The summed E-state index contributed by atoms with van der Waals surface area (Å²) in [5, 5.41) is 8.39. The molecule has 2 fully saturated rings. The maximum absolute atomic E-state index is 12.4. The predicted octanol–water partition coefficient (Wildman–Crippen LogP) is 2.36. The lowest BCUT2D eigenvalue weighted by molar-refractivity contribution is -0.134. The monoisotopic (exact) mass is 249 g/mol. The van der Waals surface area contributed by atoms with Gasteiger partial charge in [-0.2, -0.15) is 0 Å². The van der Waals surface area contributed by atoms with E-state index < -0.39 is 0 Å². The summed E-state index contributed by atoms with van der Waals surface area (Å²) in [6.45, 7) is 3.93. The lowest BCUT2D eigenvalue weighted by Gasteiger charge is -2.45. The summed E-state index contributed by atoms with van der Waals surface area (Å²) < 4.78 is 0. The second kappa shape index (κ2) is 5.12. The number of hydrogen-bond donors (Lipinski definition) is 1. The fourth-order valence-corrected chi connectivity index (χ4v) is 3.23. The van der Waals surface area contributed by atoms with Crippen molar-refractivity contribution >= 4 is 11.7 Å². The molecule has 18 heavy (non-hydrogen) atoms. The van der Waals surface area contributed by atoms with Crippen molar-refractivity contribution in [3.63, 3.8) is 0 Å². The smallest absolute Gasteiger partial charge is 0.249 e. The summed E-state index contributed by atoms with van der Waals surface area (Å²) >= 11 is 0. The molecular formula is C14H23N3O. The van der Waals surface area contributed by atoms with Gasteiger partial charge < -0.3 is 9.80 Å². The Kier molecular flexibility index (Phi) is 3.73. The van der Waals surface area contributed by atoms with Gasteiger partial charge in [0.2, 0.25) is 5.91 Å². The topological polar surface area (TPSA) is 47.4 Å². The van der Waals surface area contributed by atoms with Crippen LogP contribution in [-0.2, 0) is 4.79 Å². The largest absolute Gasteiger partial charge is 0.340 e. The third-order valence-electron chi connectivity index (χ3n) is 4.19. The van der Waals surface area contributed by atoms with Crippen molar-refractivity contribution < 1.29 is 4.79 Å². The van der Waals surface area contributed by atoms with Crippen LogP contribution in [0.5, 0.6) is 0 Å². The minimum Gasteiger partial charge on any atom is -0.340 e. The van der Waals surface area contributed by atoms with Crippen molar-refractivity contribution in [1.82, 2.24) is 9.80 Å². The highest BCUT2D eigenvalue weighted by molar-refractivity contribution is 6.05. The van der Waals surface area contributed by atoms with Gasteiger partial charge in [0.15, 0.2) is 0 Å². The molecule has 2 rings (SSSR count). The van der Waals surface area contributed by atoms with E-state index in [1.54, 1.807) is 11.9 Å². The number of piperazine rings is 1. The molecule has 1 atom stereocenters. The van der Waals surface area contributed by atoms with Gasteiger partial charge in [0.1, 0.15) is 11.9 Å². The van der Waals surface area contributed by atoms with E-state index in [4.69, 9.17) is 5.41 Å². The summed E-state index contributed by atoms with van der Waals surface area (Å²) in [5.41, 5.74) is 0.747. The van der Waals surface area contributed by atoms with Crippen molar-refractivity contribution in [1.29, 1.82) is 5.41 Å². The van der Waals surface area contributed by atoms with Gasteiger partial charge in [-0.15, -0.1) is 0 Å². The molecule has 1 unspecified atom stereocenters. The number of nitrogens with zero attached hydrogens (tertiary/aromatic N) is 2. The number of amides is 1. The van der Waals surface area contributed by atoms with Crippen molar-refractivity contribution in [2.24, 2.45) is 0 Å². The van der Waals surface area contributed by atoms with E-state index in [9.17, 15) is 4.79 Å². The molecule has 1 heterocycles. The molecule has 1 N–H and O–H groups in total. The van der Waals surface area contributed by atoms with Gasteiger partial charge in [0, 0.05) is 13.1 Å². The molecule has 0 bridgehead atoms. The van der Waals surface area contributed by atoms with Crippen molar-refractivity contribution in [3.05, 3.63) is 11.8 Å². The standard InChI is InChI=1S/C14H23N3O/c1-4-11-13(15)17(10-8-6-7-9-10)12(5-2)14(18)16(11)3/h4,10,12,15H,5-9H2,1-3H3/b11-4+,15-13?. The first-order valence-electron chi connectivity index (χ1n) is 6.93. The number of nitrogens with one attached hydrogen (secondary N) is 1. The van der Waals surface area contributed by atoms with Crippen LogP contribution in [0.3, 0.4) is 0 Å². The van der Waals surface area contributed by atoms with Crippen LogP contribution in [0.4, 0.5) is 0 Å². The lowest BCUT2D eigenvalue weighted by atomic mass is 10.0. The van der Waals surface area contributed by atoms with Gasteiger partial charge in [0.25, 0.3) is 0 Å². The van der Waals surface area contributed by atoms with Crippen LogP contribution < -0.4 is 0 Å². The van der Waals surface area contributed by atoms with Gasteiger partial charge in [-0.3, -0.25) is 10.2 Å². The van der Waals surface area contributed by atoms with E-state index in [0.717, 1.165) is 25.0 Å². The number of carbonyl (C=O) groups excluding carboxylic acids is 1. The Labute approximate surface area is 109 Å². The van der Waals surface area contributed by atoms with Gasteiger partial charge in [0.05, 0.1) is 5.70 Å². The minimum absolute atomic E-state index is 0.133. The molecule has 100 valence electrons. The molecule has 0 aromatic carbocycles. The number of amidine groups is 1. The first-order chi connectivity index (χ1) is 8.61. The molecule has 4 heteroatoms. The first-order valence-corrected chi connectivity index (χ1v) is 6.93. The second-order valence-corrected chi connectivity index (χ2v) is 5.19. The zero-order valence-electron chi connectivity index (χ0n) is 11.6. The third kappa shape index (κ3) is 1.93. The Bertz CT molecular complexity index is 383. The number of rotatable bonds is 2. The zero-order valence-corrected chi connectivity index (χ0v) is 11.6. The van der Waals surface area contributed by atoms with Gasteiger partial charge >= 0.3 is 0 Å². The predicted molar refractivity (Wildman–Crippen MR) is 72.4 cm³/mol. The summed E-state index contributed by atoms with van der Waals surface area (Å²) in [5.74, 6) is 0.659. The summed E-state index contributed by atoms with van der Waals surface area (Å²) in [7, 11) is 1.78. The molecule has 4 nitrogen and oxygen atoms in total. The third-order valence-corrected chi connectivity index (χ3v) is 4.19. The van der Waals surface area contributed by atoms with Crippen molar-refractivity contribution in [2.75, 3.05) is 7.05 Å². The lowest BCUT2D eigenvalue weighted by Crippen LogP contribution is -2.59. The highest BCUT2D eigenvalue weighted by Crippen LogP contribution is 2.31. The van der Waals surface area contributed by atoms with Crippen molar-refractivity contribution in [2.45, 2.75) is 58.0 Å². The van der Waals surface area contributed by atoms with E-state index in [0.29, 0.717) is 11.9 Å². The van der Waals surface area contributed by atoms with Crippen LogP contribution in [0.25, 0.3) is 0 Å². The van der Waals surface area contributed by atoms with Gasteiger partial charge in [-0.05, 0) is 26.2 Å². The van der Waals surface area contributed by atoms with Gasteiger partial charge in [-0.1, -0.05) is 25.8 Å². The Balaban J connectivity index is 2.34. The van der Waals surface area contributed by atoms with Crippen LogP contribution in [0, 0.1) is 5.41 Å². The molecular weight excluding hydrogens is 226 g/mol. The quantitative estimate of drug-likeness (QED) is 0.816. The van der Waals surface area contributed by atoms with Crippen LogP contribution >= 0.6 is 0 Å². The van der Waals surface area contributed by atoms with Crippen LogP contribution in [0.2, 0.25) is 0 Å². The molecule has 2 aliphatic rings. The van der Waals surface area contributed by atoms with Crippen molar-refractivity contribution in [3.8, 4) is 0 Å². The zero-order chi connectivity index (χ0) is 13.3. The SMILES string of the molecule is C/C=C1\C(=N)N(C2CCCC2)C(CC)C(=O)N1C. The molecule has 0 spiro atoms. The van der Waals surface area contributed by atoms with Crippen LogP contribution in [0.1, 0.15) is 46.0 Å². The minimum atomic E-state index is -0.144. The van der Waals surface area contributed by atoms with E-state index >= 15 is 0 Å².